The molecule has 0 aliphatic heterocycles. The molecule has 0 saturated heterocycles. The highest BCUT2D eigenvalue weighted by Crippen LogP contribution is 2.44. The fraction of sp³-hybridized carbons (Fsp3) is 0.759. The third-order valence-electron chi connectivity index (χ3n) is 6.87. The van der Waals surface area contributed by atoms with E-state index >= 15 is 0 Å². The summed E-state index contributed by atoms with van der Waals surface area (Å²) in [5, 5.41) is 23.2. The molecule has 0 aromatic heterocycles. The average Bonchev–Trinajstić information content (AvgIpc) is 2.80. The lowest BCUT2D eigenvalue weighted by Gasteiger charge is -2.22. The second kappa shape index (κ2) is 17.1. The summed E-state index contributed by atoms with van der Waals surface area (Å²) >= 11 is 0. The highest BCUT2D eigenvalue weighted by atomic mass is 16.6. The fourth-order valence-corrected chi connectivity index (χ4v) is 4.61. The van der Waals surface area contributed by atoms with E-state index < -0.39 is 26.9 Å². The van der Waals surface area contributed by atoms with Crippen LogP contribution in [0.3, 0.4) is 0 Å². The van der Waals surface area contributed by atoms with Crippen LogP contribution in [0.25, 0.3) is 0 Å². The van der Waals surface area contributed by atoms with Gasteiger partial charge in [-0.2, -0.15) is 0 Å². The standard InChI is InChI=1S/C29H48N2O6/c1-6-7-8-9-10-11-12-13-14-15-16-17-18-19-20-21-26(32)37-28-24(29(3,4)5)22-25(30(33)34)23(2)27(28)31(35)36/h22H,6-21H2,1-5H3. The van der Waals surface area contributed by atoms with E-state index in [1.165, 1.54) is 83.6 Å². The molecule has 0 heterocycles. The molecule has 8 nitrogen and oxygen atoms in total. The maximum atomic E-state index is 12.6. The van der Waals surface area contributed by atoms with Crippen molar-refractivity contribution in [2.24, 2.45) is 0 Å². The van der Waals surface area contributed by atoms with Crippen molar-refractivity contribution in [3.63, 3.8) is 0 Å². The van der Waals surface area contributed by atoms with Gasteiger partial charge in [-0.25, -0.2) is 0 Å². The van der Waals surface area contributed by atoms with Crippen LogP contribution in [-0.2, 0) is 10.2 Å². The van der Waals surface area contributed by atoms with Crippen LogP contribution >= 0.6 is 0 Å². The summed E-state index contributed by atoms with van der Waals surface area (Å²) in [5.41, 5.74) is -1.38. The third kappa shape index (κ3) is 12.1. The van der Waals surface area contributed by atoms with E-state index in [0.717, 1.165) is 19.3 Å². The number of hydrogen-bond acceptors (Lipinski definition) is 6. The second-order valence-corrected chi connectivity index (χ2v) is 11.2. The number of nitro groups is 2. The maximum absolute atomic E-state index is 12.6. The summed E-state index contributed by atoms with van der Waals surface area (Å²) in [6.45, 7) is 8.89. The molecule has 0 aliphatic rings. The van der Waals surface area contributed by atoms with E-state index in [1.54, 1.807) is 20.8 Å². The predicted molar refractivity (Wildman–Crippen MR) is 148 cm³/mol. The van der Waals surface area contributed by atoms with Crippen LogP contribution in [0, 0.1) is 27.2 Å². The number of esters is 1. The molecule has 0 saturated carbocycles. The number of rotatable bonds is 19. The Kier molecular flexibility index (Phi) is 15.0. The molecule has 0 radical (unpaired) electrons. The molecule has 0 amide bonds. The van der Waals surface area contributed by atoms with E-state index in [9.17, 15) is 25.0 Å². The molecule has 210 valence electrons. The van der Waals surface area contributed by atoms with Crippen LogP contribution in [0.15, 0.2) is 6.07 Å². The van der Waals surface area contributed by atoms with Gasteiger partial charge in [0.05, 0.1) is 9.85 Å². The summed E-state index contributed by atoms with van der Waals surface area (Å²) in [6.07, 6.45) is 18.5. The van der Waals surface area contributed by atoms with Crippen molar-refractivity contribution >= 4 is 17.3 Å². The number of benzene rings is 1. The number of carbonyl (C=O) groups excluding carboxylic acids is 1. The molecular weight excluding hydrogens is 472 g/mol. The molecule has 0 atom stereocenters. The fourth-order valence-electron chi connectivity index (χ4n) is 4.61. The normalized spacial score (nSPS) is 11.5. The molecule has 0 fully saturated rings. The number of hydrogen-bond donors (Lipinski definition) is 0. The molecule has 0 N–H and O–H groups in total. The van der Waals surface area contributed by atoms with Crippen molar-refractivity contribution < 1.29 is 19.4 Å². The summed E-state index contributed by atoms with van der Waals surface area (Å²) in [6, 6.07) is 1.29. The first-order valence-corrected chi connectivity index (χ1v) is 14.2. The number of nitro benzene ring substituents is 2. The number of unbranched alkanes of at least 4 members (excludes halogenated alkanes) is 14. The molecule has 1 aromatic carbocycles. The lowest BCUT2D eigenvalue weighted by molar-refractivity contribution is -0.395. The van der Waals surface area contributed by atoms with Gasteiger partial charge in [-0.1, -0.05) is 118 Å². The molecule has 0 unspecified atom stereocenters. The molecule has 0 bridgehead atoms. The Morgan fingerprint density at radius 1 is 0.784 bits per heavy atom. The van der Waals surface area contributed by atoms with Crippen molar-refractivity contribution in [2.75, 3.05) is 0 Å². The van der Waals surface area contributed by atoms with Crippen LogP contribution in [0.1, 0.15) is 142 Å². The lowest BCUT2D eigenvalue weighted by Crippen LogP contribution is -2.18. The van der Waals surface area contributed by atoms with E-state index in [-0.39, 0.29) is 29.0 Å². The Morgan fingerprint density at radius 2 is 1.22 bits per heavy atom. The zero-order chi connectivity index (χ0) is 27.8. The Morgan fingerprint density at radius 3 is 1.59 bits per heavy atom. The molecule has 37 heavy (non-hydrogen) atoms. The number of carbonyl (C=O) groups is 1. The van der Waals surface area contributed by atoms with Crippen LogP contribution in [0.2, 0.25) is 0 Å². The largest absolute Gasteiger partial charge is 0.419 e. The lowest BCUT2D eigenvalue weighted by atomic mass is 9.84. The summed E-state index contributed by atoms with van der Waals surface area (Å²) in [7, 11) is 0. The first kappa shape index (κ1) is 32.5. The smallest absolute Gasteiger partial charge is 0.321 e. The van der Waals surface area contributed by atoms with Gasteiger partial charge in [0, 0.05) is 18.1 Å². The summed E-state index contributed by atoms with van der Waals surface area (Å²) < 4.78 is 5.50. The number of nitrogens with zero attached hydrogens (tertiary/aromatic N) is 2. The van der Waals surface area contributed by atoms with Crippen LogP contribution in [0.4, 0.5) is 11.4 Å². The molecule has 0 spiro atoms. The van der Waals surface area contributed by atoms with Crippen molar-refractivity contribution in [1.29, 1.82) is 0 Å². The van der Waals surface area contributed by atoms with Crippen LogP contribution in [-0.4, -0.2) is 15.8 Å². The predicted octanol–water partition coefficient (Wildman–Crippen LogP) is 9.28. The minimum atomic E-state index is -0.701. The van der Waals surface area contributed by atoms with E-state index in [0.29, 0.717) is 6.42 Å². The Hall–Kier alpha value is -2.51. The number of ether oxygens (including phenoxy) is 1. The van der Waals surface area contributed by atoms with E-state index in [1.807, 2.05) is 0 Å². The Labute approximate surface area is 222 Å². The van der Waals surface area contributed by atoms with Gasteiger partial charge in [0.1, 0.15) is 5.56 Å². The molecule has 1 aromatic rings. The molecule has 8 heteroatoms. The quantitative estimate of drug-likeness (QED) is 0.0590. The minimum Gasteiger partial charge on any atom is -0.419 e. The molecule has 1 rings (SSSR count). The third-order valence-corrected chi connectivity index (χ3v) is 6.87. The molecular formula is C29H48N2O6. The maximum Gasteiger partial charge on any atom is 0.321 e. The van der Waals surface area contributed by atoms with Gasteiger partial charge in [0.2, 0.25) is 5.75 Å². The van der Waals surface area contributed by atoms with Crippen LogP contribution < -0.4 is 4.74 Å². The van der Waals surface area contributed by atoms with Crippen molar-refractivity contribution in [1.82, 2.24) is 0 Å². The van der Waals surface area contributed by atoms with Crippen LogP contribution in [0.5, 0.6) is 5.75 Å². The Balaban J connectivity index is 2.43. The highest BCUT2D eigenvalue weighted by Gasteiger charge is 2.35. The monoisotopic (exact) mass is 520 g/mol. The van der Waals surface area contributed by atoms with Gasteiger partial charge in [0.25, 0.3) is 5.69 Å². The Bertz CT molecular complexity index is 876. The van der Waals surface area contributed by atoms with Crippen molar-refractivity contribution in [2.45, 2.75) is 143 Å². The zero-order valence-electron chi connectivity index (χ0n) is 23.7. The summed E-state index contributed by atoms with van der Waals surface area (Å²) in [5.74, 6) is -0.719. The van der Waals surface area contributed by atoms with Gasteiger partial charge in [-0.15, -0.1) is 0 Å². The minimum absolute atomic E-state index is 0.113. The van der Waals surface area contributed by atoms with Gasteiger partial charge < -0.3 is 4.74 Å². The second-order valence-electron chi connectivity index (χ2n) is 11.2. The first-order valence-electron chi connectivity index (χ1n) is 14.2. The molecule has 0 aliphatic carbocycles. The van der Waals surface area contributed by atoms with E-state index in [4.69, 9.17) is 4.74 Å². The van der Waals surface area contributed by atoms with Gasteiger partial charge >= 0.3 is 11.7 Å². The van der Waals surface area contributed by atoms with Gasteiger partial charge in [0.15, 0.2) is 0 Å². The highest BCUT2D eigenvalue weighted by molar-refractivity contribution is 5.77. The van der Waals surface area contributed by atoms with Crippen molar-refractivity contribution in [3.8, 4) is 5.75 Å². The average molecular weight is 521 g/mol. The topological polar surface area (TPSA) is 113 Å². The zero-order valence-corrected chi connectivity index (χ0v) is 23.7. The van der Waals surface area contributed by atoms with Crippen molar-refractivity contribution in [3.05, 3.63) is 37.4 Å². The first-order chi connectivity index (χ1) is 17.5. The van der Waals surface area contributed by atoms with Gasteiger partial charge in [-0.3, -0.25) is 25.0 Å². The van der Waals surface area contributed by atoms with Gasteiger partial charge in [-0.05, 0) is 18.8 Å². The SMILES string of the molecule is CCCCCCCCCCCCCCCCCC(=O)Oc1c(C(C)(C)C)cc([N+](=O)[O-])c(C)c1[N+](=O)[O-]. The summed E-state index contributed by atoms with van der Waals surface area (Å²) in [4.78, 5) is 34.4. The van der Waals surface area contributed by atoms with E-state index in [2.05, 4.69) is 6.92 Å².